The number of nitrogens with two attached hydrogens (primary N) is 1. The van der Waals surface area contributed by atoms with Gasteiger partial charge in [0.25, 0.3) is 0 Å². The normalized spacial score (nSPS) is 10.3. The molecule has 0 aliphatic rings. The van der Waals surface area contributed by atoms with Gasteiger partial charge in [-0.05, 0) is 29.8 Å². The highest BCUT2D eigenvalue weighted by Crippen LogP contribution is 2.06. The number of hydrogen-bond acceptors (Lipinski definition) is 3. The van der Waals surface area contributed by atoms with Gasteiger partial charge in [0.1, 0.15) is 6.54 Å². The van der Waals surface area contributed by atoms with E-state index in [-0.39, 0.29) is 23.6 Å². The average Bonchev–Trinajstić information content (AvgIpc) is 2.27. The predicted octanol–water partition coefficient (Wildman–Crippen LogP) is 1.06. The van der Waals surface area contributed by atoms with Crippen LogP contribution in [0.3, 0.4) is 0 Å². The zero-order chi connectivity index (χ0) is 13.0. The lowest BCUT2D eigenvalue weighted by atomic mass is 10.4. The minimum Gasteiger partial charge on any atom is -0.394 e. The molecule has 1 heterocycles. The van der Waals surface area contributed by atoms with Gasteiger partial charge < -0.3 is 15.2 Å². The first kappa shape index (κ1) is 13.8. The van der Waals surface area contributed by atoms with Crippen molar-refractivity contribution in [1.82, 2.24) is 9.47 Å². The lowest BCUT2D eigenvalue weighted by Gasteiger charge is -2.19. The van der Waals surface area contributed by atoms with Gasteiger partial charge in [0.05, 0.1) is 10.2 Å². The van der Waals surface area contributed by atoms with E-state index in [1.54, 1.807) is 15.7 Å². The van der Waals surface area contributed by atoms with E-state index >= 15 is 0 Å². The second-order valence-electron chi connectivity index (χ2n) is 3.63. The Hall–Kier alpha value is -1.30. The molecule has 0 saturated heterocycles. The fourth-order valence-corrected chi connectivity index (χ4v) is 2.03. The Labute approximate surface area is 108 Å². The summed E-state index contributed by atoms with van der Waals surface area (Å²) in [6.45, 7) is 5.39. The Balaban J connectivity index is 2.89. The first-order valence-corrected chi connectivity index (χ1v) is 6.21. The zero-order valence-electron chi connectivity index (χ0n) is 9.94. The van der Waals surface area contributed by atoms with E-state index in [4.69, 9.17) is 5.73 Å². The van der Waals surface area contributed by atoms with Crippen LogP contribution < -0.4 is 11.2 Å². The SMILES string of the molecule is CCN(CC)C(=O)Cn1cc(N)c(=O)c(Br)c1. The maximum atomic E-state index is 11.9. The smallest absolute Gasteiger partial charge is 0.242 e. The number of nitrogens with zero attached hydrogens (tertiary/aromatic N) is 2. The second kappa shape index (κ2) is 5.86. The van der Waals surface area contributed by atoms with Crippen molar-refractivity contribution in [3.05, 3.63) is 27.1 Å². The van der Waals surface area contributed by atoms with Gasteiger partial charge >= 0.3 is 0 Å². The number of amides is 1. The van der Waals surface area contributed by atoms with E-state index < -0.39 is 0 Å². The molecular weight excluding hydrogens is 286 g/mol. The van der Waals surface area contributed by atoms with Crippen molar-refractivity contribution in [1.29, 1.82) is 0 Å². The molecule has 0 atom stereocenters. The zero-order valence-corrected chi connectivity index (χ0v) is 11.5. The molecule has 0 fully saturated rings. The van der Waals surface area contributed by atoms with Crippen LogP contribution in [-0.2, 0) is 11.3 Å². The molecule has 1 aromatic rings. The summed E-state index contributed by atoms with van der Waals surface area (Å²) in [5.41, 5.74) is 5.43. The molecule has 5 nitrogen and oxygen atoms in total. The van der Waals surface area contributed by atoms with Crippen molar-refractivity contribution >= 4 is 27.5 Å². The largest absolute Gasteiger partial charge is 0.394 e. The van der Waals surface area contributed by atoms with E-state index in [0.717, 1.165) is 0 Å². The predicted molar refractivity (Wildman–Crippen MR) is 70.7 cm³/mol. The third-order valence-corrected chi connectivity index (χ3v) is 3.06. The number of halogens is 1. The molecule has 0 spiro atoms. The maximum Gasteiger partial charge on any atom is 0.242 e. The van der Waals surface area contributed by atoms with Gasteiger partial charge in [-0.2, -0.15) is 0 Å². The highest BCUT2D eigenvalue weighted by atomic mass is 79.9. The minimum atomic E-state index is -0.253. The number of likely N-dealkylation sites (N-methyl/N-ethyl adjacent to an activating group) is 1. The second-order valence-corrected chi connectivity index (χ2v) is 4.48. The van der Waals surface area contributed by atoms with Crippen molar-refractivity contribution in [2.45, 2.75) is 20.4 Å². The molecule has 1 amide bonds. The van der Waals surface area contributed by atoms with E-state index in [1.807, 2.05) is 13.8 Å². The monoisotopic (exact) mass is 301 g/mol. The van der Waals surface area contributed by atoms with Crippen LogP contribution >= 0.6 is 15.9 Å². The number of anilines is 1. The van der Waals surface area contributed by atoms with Crippen LogP contribution in [0, 0.1) is 0 Å². The molecule has 0 saturated carbocycles. The number of aromatic nitrogens is 1. The molecule has 0 radical (unpaired) electrons. The van der Waals surface area contributed by atoms with Gasteiger partial charge in [0.15, 0.2) is 0 Å². The van der Waals surface area contributed by atoms with Gasteiger partial charge in [-0.1, -0.05) is 0 Å². The Morgan fingerprint density at radius 1 is 1.41 bits per heavy atom. The molecule has 2 N–H and O–H groups in total. The Morgan fingerprint density at radius 3 is 2.47 bits per heavy atom. The van der Waals surface area contributed by atoms with Gasteiger partial charge in [0, 0.05) is 25.5 Å². The van der Waals surface area contributed by atoms with Crippen LogP contribution in [0.25, 0.3) is 0 Å². The first-order valence-electron chi connectivity index (χ1n) is 5.42. The molecule has 0 aliphatic heterocycles. The van der Waals surface area contributed by atoms with Crippen LogP contribution in [0.5, 0.6) is 0 Å². The summed E-state index contributed by atoms with van der Waals surface area (Å²) in [7, 11) is 0. The average molecular weight is 302 g/mol. The Bertz CT molecular complexity index is 440. The summed E-state index contributed by atoms with van der Waals surface area (Å²) >= 11 is 3.12. The summed E-state index contributed by atoms with van der Waals surface area (Å²) in [5.74, 6) is 0.00458. The van der Waals surface area contributed by atoms with Gasteiger partial charge in [-0.25, -0.2) is 0 Å². The third kappa shape index (κ3) is 3.33. The van der Waals surface area contributed by atoms with Crippen molar-refractivity contribution in [3.8, 4) is 0 Å². The van der Waals surface area contributed by atoms with Crippen molar-refractivity contribution in [3.63, 3.8) is 0 Å². The number of rotatable bonds is 4. The van der Waals surface area contributed by atoms with Crippen LogP contribution in [0.4, 0.5) is 5.69 Å². The summed E-state index contributed by atoms with van der Waals surface area (Å²) < 4.78 is 1.98. The summed E-state index contributed by atoms with van der Waals surface area (Å²) in [6.07, 6.45) is 3.05. The molecule has 0 bridgehead atoms. The topological polar surface area (TPSA) is 68.3 Å². The number of pyridine rings is 1. The minimum absolute atomic E-state index is 0.00458. The number of carbonyl (C=O) groups is 1. The van der Waals surface area contributed by atoms with Gasteiger partial charge in [0.2, 0.25) is 11.3 Å². The van der Waals surface area contributed by atoms with E-state index in [0.29, 0.717) is 17.6 Å². The quantitative estimate of drug-likeness (QED) is 0.904. The first-order chi connectivity index (χ1) is 7.99. The fraction of sp³-hybridized carbons (Fsp3) is 0.455. The van der Waals surface area contributed by atoms with Crippen LogP contribution in [-0.4, -0.2) is 28.5 Å². The number of carbonyl (C=O) groups excluding carboxylic acids is 1. The molecule has 94 valence electrons. The molecular formula is C11H16BrN3O2. The van der Waals surface area contributed by atoms with Crippen LogP contribution in [0.1, 0.15) is 13.8 Å². The van der Waals surface area contributed by atoms with Crippen molar-refractivity contribution in [2.75, 3.05) is 18.8 Å². The molecule has 0 aromatic carbocycles. The maximum absolute atomic E-state index is 11.9. The summed E-state index contributed by atoms with van der Waals surface area (Å²) in [5, 5.41) is 0. The third-order valence-electron chi connectivity index (χ3n) is 2.50. The molecule has 6 heteroatoms. The fourth-order valence-electron chi connectivity index (χ4n) is 1.54. The summed E-state index contributed by atoms with van der Waals surface area (Å²) in [6, 6.07) is 0. The summed E-state index contributed by atoms with van der Waals surface area (Å²) in [4.78, 5) is 24.9. The van der Waals surface area contributed by atoms with E-state index in [1.165, 1.54) is 6.20 Å². The highest BCUT2D eigenvalue weighted by molar-refractivity contribution is 9.10. The Morgan fingerprint density at radius 2 is 2.00 bits per heavy atom. The van der Waals surface area contributed by atoms with E-state index in [2.05, 4.69) is 15.9 Å². The number of hydrogen-bond donors (Lipinski definition) is 1. The Kier molecular flexibility index (Phi) is 4.74. The van der Waals surface area contributed by atoms with Crippen LogP contribution in [0.15, 0.2) is 21.7 Å². The van der Waals surface area contributed by atoms with Gasteiger partial charge in [-0.15, -0.1) is 0 Å². The van der Waals surface area contributed by atoms with E-state index in [9.17, 15) is 9.59 Å². The molecule has 1 rings (SSSR count). The standard InChI is InChI=1S/C11H16BrN3O2/c1-3-15(4-2)10(16)7-14-5-8(12)11(17)9(13)6-14/h5-6H,3-4,7,13H2,1-2H3. The molecule has 1 aromatic heterocycles. The van der Waals surface area contributed by atoms with Crippen molar-refractivity contribution in [2.24, 2.45) is 0 Å². The van der Waals surface area contributed by atoms with Gasteiger partial charge in [-0.3, -0.25) is 9.59 Å². The van der Waals surface area contributed by atoms with Crippen LogP contribution in [0.2, 0.25) is 0 Å². The lowest BCUT2D eigenvalue weighted by molar-refractivity contribution is -0.131. The molecule has 0 aliphatic carbocycles. The highest BCUT2D eigenvalue weighted by Gasteiger charge is 2.11. The molecule has 17 heavy (non-hydrogen) atoms. The van der Waals surface area contributed by atoms with Crippen molar-refractivity contribution < 1.29 is 4.79 Å². The molecule has 0 unspecified atom stereocenters. The number of nitrogen functional groups attached to an aromatic ring is 1. The lowest BCUT2D eigenvalue weighted by Crippen LogP contribution is -2.33.